The molecule has 1 aromatic heterocycles. The van der Waals surface area contributed by atoms with E-state index in [1.165, 1.54) is 0 Å². The number of nitrogens with zero attached hydrogens (tertiary/aromatic N) is 2. The first-order valence-electron chi connectivity index (χ1n) is 8.63. The van der Waals surface area contributed by atoms with Gasteiger partial charge in [0.15, 0.2) is 0 Å². The lowest BCUT2D eigenvalue weighted by molar-refractivity contribution is 0.102. The van der Waals surface area contributed by atoms with E-state index in [2.05, 4.69) is 27.5 Å². The molecule has 0 saturated heterocycles. The van der Waals surface area contributed by atoms with E-state index in [4.69, 9.17) is 0 Å². The second-order valence-corrected chi connectivity index (χ2v) is 6.20. The zero-order valence-corrected chi connectivity index (χ0v) is 15.2. The van der Waals surface area contributed by atoms with E-state index in [9.17, 15) is 4.79 Å². The van der Waals surface area contributed by atoms with Crippen molar-refractivity contribution in [1.82, 2.24) is 9.97 Å². The Kier molecular flexibility index (Phi) is 5.27. The van der Waals surface area contributed by atoms with E-state index >= 15 is 0 Å². The molecule has 1 heterocycles. The Balaban J connectivity index is 1.78. The average molecular weight is 346 g/mol. The second-order valence-electron chi connectivity index (χ2n) is 6.20. The fourth-order valence-electron chi connectivity index (χ4n) is 2.52. The quantitative estimate of drug-likeness (QED) is 0.705. The van der Waals surface area contributed by atoms with Gasteiger partial charge >= 0.3 is 0 Å². The third kappa shape index (κ3) is 4.25. The van der Waals surface area contributed by atoms with Crippen LogP contribution >= 0.6 is 0 Å². The maximum atomic E-state index is 12.4. The van der Waals surface area contributed by atoms with Crippen LogP contribution < -0.4 is 10.6 Å². The molecule has 0 radical (unpaired) electrons. The summed E-state index contributed by atoms with van der Waals surface area (Å²) in [6.07, 6.45) is 2.59. The summed E-state index contributed by atoms with van der Waals surface area (Å²) in [6.45, 7) is 6.05. The van der Waals surface area contributed by atoms with Crippen LogP contribution in [0.25, 0.3) is 0 Å². The van der Waals surface area contributed by atoms with E-state index in [0.717, 1.165) is 34.6 Å². The molecule has 2 N–H and O–H groups in total. The van der Waals surface area contributed by atoms with Crippen LogP contribution in [0.4, 0.5) is 17.3 Å². The van der Waals surface area contributed by atoms with E-state index < -0.39 is 0 Å². The summed E-state index contributed by atoms with van der Waals surface area (Å²) in [7, 11) is 0. The Hall–Kier alpha value is -3.21. The number of hydrogen-bond acceptors (Lipinski definition) is 4. The first-order chi connectivity index (χ1) is 12.5. The van der Waals surface area contributed by atoms with Crippen molar-refractivity contribution in [2.75, 3.05) is 10.6 Å². The zero-order valence-electron chi connectivity index (χ0n) is 15.2. The van der Waals surface area contributed by atoms with Crippen molar-refractivity contribution in [1.29, 1.82) is 0 Å². The topological polar surface area (TPSA) is 66.9 Å². The van der Waals surface area contributed by atoms with Crippen molar-refractivity contribution in [3.8, 4) is 0 Å². The zero-order chi connectivity index (χ0) is 18.5. The fraction of sp³-hybridized carbons (Fsp3) is 0.190. The van der Waals surface area contributed by atoms with Crippen LogP contribution in [-0.4, -0.2) is 15.9 Å². The predicted octanol–water partition coefficient (Wildman–Crippen LogP) is 4.65. The molecule has 5 heteroatoms. The number of amides is 1. The molecule has 0 saturated carbocycles. The summed E-state index contributed by atoms with van der Waals surface area (Å²) in [6, 6.07) is 15.1. The van der Waals surface area contributed by atoms with Crippen LogP contribution in [0.3, 0.4) is 0 Å². The molecule has 0 fully saturated rings. The van der Waals surface area contributed by atoms with E-state index in [-0.39, 0.29) is 5.91 Å². The Bertz CT molecular complexity index is 920. The van der Waals surface area contributed by atoms with Crippen LogP contribution in [-0.2, 0) is 6.42 Å². The highest BCUT2D eigenvalue weighted by Gasteiger charge is 2.08. The third-order valence-electron chi connectivity index (χ3n) is 4.13. The van der Waals surface area contributed by atoms with E-state index in [1.807, 2.05) is 62.4 Å². The van der Waals surface area contributed by atoms with E-state index in [1.54, 1.807) is 6.20 Å². The van der Waals surface area contributed by atoms with Gasteiger partial charge in [0.05, 0.1) is 0 Å². The molecule has 0 aliphatic rings. The average Bonchev–Trinajstić information content (AvgIpc) is 2.65. The van der Waals surface area contributed by atoms with Crippen molar-refractivity contribution in [3.05, 3.63) is 77.1 Å². The molecule has 2 aromatic carbocycles. The molecule has 3 rings (SSSR count). The lowest BCUT2D eigenvalue weighted by Crippen LogP contribution is -2.12. The Morgan fingerprint density at radius 1 is 1.04 bits per heavy atom. The summed E-state index contributed by atoms with van der Waals surface area (Å²) in [5.74, 6) is 0.415. The lowest BCUT2D eigenvalue weighted by atomic mass is 10.1. The smallest absolute Gasteiger partial charge is 0.255 e. The predicted molar refractivity (Wildman–Crippen MR) is 105 cm³/mol. The van der Waals surface area contributed by atoms with Gasteiger partial charge in [-0.05, 0) is 56.2 Å². The lowest BCUT2D eigenvalue weighted by Gasteiger charge is -2.12. The molecule has 3 aromatic rings. The van der Waals surface area contributed by atoms with Gasteiger partial charge in [-0.1, -0.05) is 30.7 Å². The highest BCUT2D eigenvalue weighted by Crippen LogP contribution is 2.23. The molecule has 5 nitrogen and oxygen atoms in total. The largest absolute Gasteiger partial charge is 0.324 e. The van der Waals surface area contributed by atoms with Crippen LogP contribution in [0.1, 0.15) is 34.1 Å². The number of rotatable bonds is 5. The number of carbonyl (C=O) groups excluding carboxylic acids is 1. The Labute approximate surface area is 153 Å². The van der Waals surface area contributed by atoms with Crippen molar-refractivity contribution in [2.45, 2.75) is 27.2 Å². The maximum Gasteiger partial charge on any atom is 0.255 e. The first kappa shape index (κ1) is 17.6. The van der Waals surface area contributed by atoms with Gasteiger partial charge in [-0.2, -0.15) is 0 Å². The Morgan fingerprint density at radius 3 is 2.54 bits per heavy atom. The van der Waals surface area contributed by atoms with Gasteiger partial charge in [-0.25, -0.2) is 9.97 Å². The van der Waals surface area contributed by atoms with Gasteiger partial charge in [-0.3, -0.25) is 4.79 Å². The van der Waals surface area contributed by atoms with Crippen molar-refractivity contribution < 1.29 is 4.79 Å². The molecule has 26 heavy (non-hydrogen) atoms. The Morgan fingerprint density at radius 2 is 1.81 bits per heavy atom. The minimum Gasteiger partial charge on any atom is -0.324 e. The highest BCUT2D eigenvalue weighted by atomic mass is 16.1. The SMILES string of the molecule is CCc1ccnc(Nc2cc(NC(=O)c3ccc(C)cc3)ccc2C)n1. The fourth-order valence-corrected chi connectivity index (χ4v) is 2.52. The summed E-state index contributed by atoms with van der Waals surface area (Å²) in [5.41, 5.74) is 5.35. The molecule has 0 atom stereocenters. The molecule has 0 unspecified atom stereocenters. The summed E-state index contributed by atoms with van der Waals surface area (Å²) in [4.78, 5) is 21.1. The van der Waals surface area contributed by atoms with Crippen molar-refractivity contribution >= 4 is 23.2 Å². The molecule has 0 bridgehead atoms. The molecule has 1 amide bonds. The minimum absolute atomic E-state index is 0.135. The van der Waals surface area contributed by atoms with Gasteiger partial charge < -0.3 is 10.6 Å². The van der Waals surface area contributed by atoms with Gasteiger partial charge in [0, 0.05) is 28.8 Å². The molecule has 0 aliphatic heterocycles. The first-order valence-corrected chi connectivity index (χ1v) is 8.63. The molecular formula is C21H22N4O. The summed E-state index contributed by atoms with van der Waals surface area (Å²) in [5, 5.41) is 6.17. The van der Waals surface area contributed by atoms with Crippen LogP contribution in [0.2, 0.25) is 0 Å². The van der Waals surface area contributed by atoms with Gasteiger partial charge in [0.2, 0.25) is 5.95 Å². The minimum atomic E-state index is -0.135. The van der Waals surface area contributed by atoms with Gasteiger partial charge in [0.25, 0.3) is 5.91 Å². The normalized spacial score (nSPS) is 10.4. The van der Waals surface area contributed by atoms with E-state index in [0.29, 0.717) is 11.5 Å². The second kappa shape index (κ2) is 7.78. The van der Waals surface area contributed by atoms with Gasteiger partial charge in [0.1, 0.15) is 0 Å². The number of carbonyl (C=O) groups is 1. The number of benzene rings is 2. The maximum absolute atomic E-state index is 12.4. The third-order valence-corrected chi connectivity index (χ3v) is 4.13. The number of hydrogen-bond donors (Lipinski definition) is 2. The van der Waals surface area contributed by atoms with Crippen molar-refractivity contribution in [3.63, 3.8) is 0 Å². The van der Waals surface area contributed by atoms with Crippen LogP contribution in [0.5, 0.6) is 0 Å². The monoisotopic (exact) mass is 346 g/mol. The molecule has 0 spiro atoms. The standard InChI is InChI=1S/C21H22N4O/c1-4-17-11-12-22-21(24-17)25-19-13-18(10-7-15(19)3)23-20(26)16-8-5-14(2)6-9-16/h5-13H,4H2,1-3H3,(H,23,26)(H,22,24,25). The molecule has 0 aliphatic carbocycles. The van der Waals surface area contributed by atoms with Crippen LogP contribution in [0.15, 0.2) is 54.7 Å². The van der Waals surface area contributed by atoms with Gasteiger partial charge in [-0.15, -0.1) is 0 Å². The highest BCUT2D eigenvalue weighted by molar-refractivity contribution is 6.04. The summed E-state index contributed by atoms with van der Waals surface area (Å²) >= 11 is 0. The molecular weight excluding hydrogens is 324 g/mol. The van der Waals surface area contributed by atoms with Crippen molar-refractivity contribution in [2.24, 2.45) is 0 Å². The summed E-state index contributed by atoms with van der Waals surface area (Å²) < 4.78 is 0. The number of aromatic nitrogens is 2. The number of aryl methyl sites for hydroxylation is 3. The van der Waals surface area contributed by atoms with Crippen LogP contribution in [0, 0.1) is 13.8 Å². The molecule has 132 valence electrons. The number of nitrogens with one attached hydrogen (secondary N) is 2. The number of anilines is 3.